The highest BCUT2D eigenvalue weighted by Gasteiger charge is 2.26. The summed E-state index contributed by atoms with van der Waals surface area (Å²) >= 11 is 0. The molecule has 3 nitrogen and oxygen atoms in total. The standard InChI is InChI=1S/C15H22N2O/c1-14(2,3)10-15(4,5)17-13-16-11-8-6-7-9-12(11)18-13/h6-9H,10H2,1-5H3,(H,16,17). The van der Waals surface area contributed by atoms with E-state index < -0.39 is 0 Å². The van der Waals surface area contributed by atoms with Gasteiger partial charge in [-0.25, -0.2) is 0 Å². The van der Waals surface area contributed by atoms with Crippen LogP contribution in [0.15, 0.2) is 28.7 Å². The third kappa shape index (κ3) is 3.25. The van der Waals surface area contributed by atoms with E-state index in [0.29, 0.717) is 6.01 Å². The molecule has 0 atom stereocenters. The maximum Gasteiger partial charge on any atom is 0.296 e. The van der Waals surface area contributed by atoms with Gasteiger partial charge in [-0.2, -0.15) is 4.98 Å². The van der Waals surface area contributed by atoms with E-state index >= 15 is 0 Å². The van der Waals surface area contributed by atoms with E-state index in [1.165, 1.54) is 0 Å². The molecule has 0 aliphatic carbocycles. The van der Waals surface area contributed by atoms with Crippen LogP contribution in [-0.2, 0) is 0 Å². The van der Waals surface area contributed by atoms with E-state index in [9.17, 15) is 0 Å². The molecule has 0 saturated heterocycles. The van der Waals surface area contributed by atoms with Crippen molar-refractivity contribution in [3.63, 3.8) is 0 Å². The van der Waals surface area contributed by atoms with Gasteiger partial charge < -0.3 is 9.73 Å². The van der Waals surface area contributed by atoms with Gasteiger partial charge in [-0.1, -0.05) is 32.9 Å². The summed E-state index contributed by atoms with van der Waals surface area (Å²) in [7, 11) is 0. The van der Waals surface area contributed by atoms with Gasteiger partial charge in [0.1, 0.15) is 5.52 Å². The fourth-order valence-corrected chi connectivity index (χ4v) is 2.59. The molecule has 0 spiro atoms. The molecule has 1 aromatic carbocycles. The zero-order chi connectivity index (χ0) is 13.4. The summed E-state index contributed by atoms with van der Waals surface area (Å²) in [5, 5.41) is 3.39. The lowest BCUT2D eigenvalue weighted by Crippen LogP contribution is -2.35. The third-order valence-electron chi connectivity index (χ3n) is 2.71. The van der Waals surface area contributed by atoms with Gasteiger partial charge in [0.2, 0.25) is 0 Å². The predicted octanol–water partition coefficient (Wildman–Crippen LogP) is 4.45. The van der Waals surface area contributed by atoms with Gasteiger partial charge in [0, 0.05) is 5.54 Å². The molecule has 18 heavy (non-hydrogen) atoms. The predicted molar refractivity (Wildman–Crippen MR) is 75.8 cm³/mol. The summed E-state index contributed by atoms with van der Waals surface area (Å²) in [6.07, 6.45) is 1.04. The van der Waals surface area contributed by atoms with Gasteiger partial charge >= 0.3 is 0 Å². The second-order valence-corrected chi connectivity index (χ2v) is 6.73. The third-order valence-corrected chi connectivity index (χ3v) is 2.71. The molecule has 2 aromatic rings. The molecule has 0 radical (unpaired) electrons. The number of oxazole rings is 1. The fourth-order valence-electron chi connectivity index (χ4n) is 2.59. The molecule has 0 saturated carbocycles. The molecule has 1 N–H and O–H groups in total. The quantitative estimate of drug-likeness (QED) is 0.869. The van der Waals surface area contributed by atoms with Crippen LogP contribution < -0.4 is 5.32 Å². The Morgan fingerprint density at radius 3 is 2.39 bits per heavy atom. The van der Waals surface area contributed by atoms with E-state index in [1.54, 1.807) is 0 Å². The number of aromatic nitrogens is 1. The van der Waals surface area contributed by atoms with E-state index in [2.05, 4.69) is 44.9 Å². The minimum atomic E-state index is -0.0425. The molecule has 0 fully saturated rings. The number of nitrogens with one attached hydrogen (secondary N) is 1. The van der Waals surface area contributed by atoms with Crippen molar-refractivity contribution in [2.24, 2.45) is 5.41 Å². The Bertz CT molecular complexity index is 502. The summed E-state index contributed by atoms with van der Waals surface area (Å²) in [5.74, 6) is 0. The molecule has 3 heteroatoms. The molecule has 2 rings (SSSR count). The number of hydrogen-bond donors (Lipinski definition) is 1. The first kappa shape index (κ1) is 12.9. The van der Waals surface area contributed by atoms with Crippen molar-refractivity contribution in [3.05, 3.63) is 24.3 Å². The van der Waals surface area contributed by atoms with Crippen LogP contribution in [0.2, 0.25) is 0 Å². The summed E-state index contributed by atoms with van der Waals surface area (Å²) in [6, 6.07) is 8.42. The second-order valence-electron chi connectivity index (χ2n) is 6.73. The highest BCUT2D eigenvalue weighted by Crippen LogP contribution is 2.30. The lowest BCUT2D eigenvalue weighted by Gasteiger charge is -2.32. The first-order valence-corrected chi connectivity index (χ1v) is 6.39. The van der Waals surface area contributed by atoms with Gasteiger partial charge in [-0.3, -0.25) is 0 Å². The number of hydrogen-bond acceptors (Lipinski definition) is 3. The molecular formula is C15H22N2O. The Kier molecular flexibility index (Phi) is 3.09. The minimum Gasteiger partial charge on any atom is -0.424 e. The second kappa shape index (κ2) is 4.30. The molecule has 0 aliphatic rings. The highest BCUT2D eigenvalue weighted by atomic mass is 16.4. The monoisotopic (exact) mass is 246 g/mol. The number of anilines is 1. The summed E-state index contributed by atoms with van der Waals surface area (Å²) in [5.41, 5.74) is 1.94. The zero-order valence-electron chi connectivity index (χ0n) is 11.9. The van der Waals surface area contributed by atoms with Gasteiger partial charge in [0.25, 0.3) is 6.01 Å². The molecule has 0 bridgehead atoms. The van der Waals surface area contributed by atoms with Crippen LogP contribution in [0.1, 0.15) is 41.0 Å². The molecule has 0 amide bonds. The summed E-state index contributed by atoms with van der Waals surface area (Å²) in [4.78, 5) is 4.45. The largest absolute Gasteiger partial charge is 0.424 e. The molecule has 1 heterocycles. The zero-order valence-corrected chi connectivity index (χ0v) is 11.9. The van der Waals surface area contributed by atoms with Crippen molar-refractivity contribution in [1.29, 1.82) is 0 Å². The molecule has 1 aromatic heterocycles. The van der Waals surface area contributed by atoms with Crippen molar-refractivity contribution in [2.45, 2.75) is 46.6 Å². The van der Waals surface area contributed by atoms with E-state index in [-0.39, 0.29) is 11.0 Å². The van der Waals surface area contributed by atoms with Gasteiger partial charge in [-0.05, 0) is 37.8 Å². The average Bonchev–Trinajstić information content (AvgIpc) is 2.53. The minimum absolute atomic E-state index is 0.0425. The van der Waals surface area contributed by atoms with Gasteiger partial charge in [0.15, 0.2) is 5.58 Å². The van der Waals surface area contributed by atoms with Crippen molar-refractivity contribution in [3.8, 4) is 0 Å². The highest BCUT2D eigenvalue weighted by molar-refractivity contribution is 5.74. The van der Waals surface area contributed by atoms with Crippen molar-refractivity contribution in [2.75, 3.05) is 5.32 Å². The molecule has 0 unspecified atom stereocenters. The van der Waals surface area contributed by atoms with Crippen LogP contribution in [0, 0.1) is 5.41 Å². The first-order valence-electron chi connectivity index (χ1n) is 6.39. The SMILES string of the molecule is CC(C)(C)CC(C)(C)Nc1nc2ccccc2o1. The first-order chi connectivity index (χ1) is 8.25. The fraction of sp³-hybridized carbons (Fsp3) is 0.533. The Balaban J connectivity index is 2.17. The van der Waals surface area contributed by atoms with Gasteiger partial charge in [-0.15, -0.1) is 0 Å². The van der Waals surface area contributed by atoms with Crippen LogP contribution in [0.4, 0.5) is 6.01 Å². The Labute approximate surface area is 109 Å². The molecule has 98 valence electrons. The van der Waals surface area contributed by atoms with Crippen LogP contribution in [-0.4, -0.2) is 10.5 Å². The number of para-hydroxylation sites is 2. The maximum absolute atomic E-state index is 5.70. The average molecular weight is 246 g/mol. The lowest BCUT2D eigenvalue weighted by molar-refractivity contribution is 0.298. The topological polar surface area (TPSA) is 38.1 Å². The van der Waals surface area contributed by atoms with E-state index in [4.69, 9.17) is 4.42 Å². The summed E-state index contributed by atoms with van der Waals surface area (Å²) in [6.45, 7) is 11.1. The van der Waals surface area contributed by atoms with Crippen LogP contribution >= 0.6 is 0 Å². The van der Waals surface area contributed by atoms with Crippen molar-refractivity contribution >= 4 is 17.1 Å². The van der Waals surface area contributed by atoms with Crippen molar-refractivity contribution in [1.82, 2.24) is 4.98 Å². The number of nitrogens with zero attached hydrogens (tertiary/aromatic N) is 1. The van der Waals surface area contributed by atoms with Crippen LogP contribution in [0.3, 0.4) is 0 Å². The smallest absolute Gasteiger partial charge is 0.296 e. The molecule has 0 aliphatic heterocycles. The van der Waals surface area contributed by atoms with Crippen LogP contribution in [0.5, 0.6) is 0 Å². The molecular weight excluding hydrogens is 224 g/mol. The van der Waals surface area contributed by atoms with Crippen LogP contribution in [0.25, 0.3) is 11.1 Å². The number of fused-ring (bicyclic) bond motifs is 1. The van der Waals surface area contributed by atoms with Gasteiger partial charge in [0.05, 0.1) is 0 Å². The normalized spacial score (nSPS) is 12.9. The van der Waals surface area contributed by atoms with E-state index in [0.717, 1.165) is 17.5 Å². The number of benzene rings is 1. The Morgan fingerprint density at radius 2 is 1.78 bits per heavy atom. The van der Waals surface area contributed by atoms with E-state index in [1.807, 2.05) is 24.3 Å². The summed E-state index contributed by atoms with van der Waals surface area (Å²) < 4.78 is 5.70. The Morgan fingerprint density at radius 1 is 1.11 bits per heavy atom. The lowest BCUT2D eigenvalue weighted by atomic mass is 9.82. The number of rotatable bonds is 3. The maximum atomic E-state index is 5.70. The van der Waals surface area contributed by atoms with Crippen molar-refractivity contribution < 1.29 is 4.42 Å². The Hall–Kier alpha value is -1.51.